The molecule has 2 heterocycles. The first-order chi connectivity index (χ1) is 15.4. The van der Waals surface area contributed by atoms with Gasteiger partial charge in [0.25, 0.3) is 5.91 Å². The lowest BCUT2D eigenvalue weighted by atomic mass is 10.0. The highest BCUT2D eigenvalue weighted by Crippen LogP contribution is 2.29. The van der Waals surface area contributed by atoms with Crippen molar-refractivity contribution in [3.63, 3.8) is 0 Å². The quantitative estimate of drug-likeness (QED) is 0.526. The van der Waals surface area contributed by atoms with Crippen LogP contribution in [0, 0.1) is 5.82 Å². The van der Waals surface area contributed by atoms with Crippen LogP contribution in [-0.2, 0) is 16.1 Å². The Hall–Kier alpha value is -3.08. The number of cyclic esters (lactones) is 1. The number of benzene rings is 2. The molecule has 1 atom stereocenters. The van der Waals surface area contributed by atoms with Gasteiger partial charge in [0.1, 0.15) is 18.3 Å². The van der Waals surface area contributed by atoms with Crippen LogP contribution < -0.4 is 21.3 Å². The number of alkyl halides is 2. The molecule has 12 heteroatoms. The zero-order valence-corrected chi connectivity index (χ0v) is 18.1. The maximum atomic E-state index is 14.9. The zero-order valence-electron chi connectivity index (χ0n) is 16.6. The maximum Gasteiger partial charge on any atom is 0.414 e. The van der Waals surface area contributed by atoms with Gasteiger partial charge in [-0.05, 0) is 29.3 Å². The molecule has 1 saturated heterocycles. The van der Waals surface area contributed by atoms with Crippen LogP contribution in [0.3, 0.4) is 0 Å². The molecule has 2 amide bonds. The topological polar surface area (TPSA) is 98.3 Å². The number of amides is 2. The van der Waals surface area contributed by atoms with E-state index in [2.05, 4.69) is 21.5 Å². The Balaban J connectivity index is 1.41. The third-order valence-corrected chi connectivity index (χ3v) is 5.31. The number of hydrogen-bond acceptors (Lipinski definition) is 7. The lowest BCUT2D eigenvalue weighted by Gasteiger charge is -2.15. The molecule has 0 aliphatic carbocycles. The molecule has 2 aliphatic rings. The van der Waals surface area contributed by atoms with Crippen LogP contribution in [-0.4, -0.2) is 47.4 Å². The van der Waals surface area contributed by atoms with Gasteiger partial charge in [-0.3, -0.25) is 14.7 Å². The van der Waals surface area contributed by atoms with Crippen LogP contribution >= 0.6 is 23.2 Å². The lowest BCUT2D eigenvalue weighted by molar-refractivity contribution is -0.119. The Morgan fingerprint density at radius 1 is 1.28 bits per heavy atom. The van der Waals surface area contributed by atoms with E-state index < -0.39 is 28.8 Å². The van der Waals surface area contributed by atoms with Gasteiger partial charge in [0.05, 0.1) is 25.3 Å². The highest BCUT2D eigenvalue weighted by Gasteiger charge is 2.33. The predicted molar refractivity (Wildman–Crippen MR) is 118 cm³/mol. The fourth-order valence-corrected chi connectivity index (χ4v) is 3.48. The van der Waals surface area contributed by atoms with E-state index in [0.717, 1.165) is 5.56 Å². The average molecular weight is 481 g/mol. The Labute approximate surface area is 193 Å². The number of hydrogen-bond donors (Lipinski definition) is 3. The highest BCUT2D eigenvalue weighted by atomic mass is 35.5. The van der Waals surface area contributed by atoms with Crippen LogP contribution in [0.1, 0.15) is 5.56 Å². The standard InChI is InChI=1S/C20H19Cl2FN6O3/c21-18(22)19(30)24-8-15-10-29(20(31)32-15)14-5-6-16(17(23)7-14)13-3-1-12(2-4-13)9-28-11-25-26-27-28/h1-7,11,15,18,26-27H,8-10H2,(H,24,30). The normalized spacial score (nSPS) is 17.6. The molecule has 0 radical (unpaired) electrons. The van der Waals surface area contributed by atoms with Crippen molar-refractivity contribution >= 4 is 47.2 Å². The number of carbonyl (C=O) groups excluding carboxylic acids is 2. The summed E-state index contributed by atoms with van der Waals surface area (Å²) < 4.78 is 20.1. The average Bonchev–Trinajstić information content (AvgIpc) is 3.42. The second-order valence-electron chi connectivity index (χ2n) is 7.12. The van der Waals surface area contributed by atoms with E-state index >= 15 is 0 Å². The Kier molecular flexibility index (Phi) is 6.63. The van der Waals surface area contributed by atoms with Crippen LogP contribution in [0.15, 0.2) is 47.6 Å². The number of hydrazine groups is 2. The molecule has 0 saturated carbocycles. The molecular weight excluding hydrogens is 462 g/mol. The fourth-order valence-electron chi connectivity index (χ4n) is 3.32. The van der Waals surface area contributed by atoms with Crippen molar-refractivity contribution in [2.45, 2.75) is 17.5 Å². The molecule has 0 spiro atoms. The maximum absolute atomic E-state index is 14.9. The molecule has 2 aromatic carbocycles. The van der Waals surface area contributed by atoms with E-state index in [4.69, 9.17) is 27.9 Å². The molecule has 0 aromatic heterocycles. The van der Waals surface area contributed by atoms with Gasteiger partial charge in [-0.25, -0.2) is 14.7 Å². The number of nitrogens with one attached hydrogen (secondary N) is 3. The molecule has 2 aromatic rings. The lowest BCUT2D eigenvalue weighted by Crippen LogP contribution is -2.37. The number of hydrazone groups is 1. The number of ether oxygens (including phenoxy) is 1. The van der Waals surface area contributed by atoms with Crippen molar-refractivity contribution in [2.24, 2.45) is 5.10 Å². The van der Waals surface area contributed by atoms with Gasteiger partial charge in [-0.15, -0.1) is 5.53 Å². The summed E-state index contributed by atoms with van der Waals surface area (Å²) in [5, 5.41) is 8.09. The van der Waals surface area contributed by atoms with Gasteiger partial charge < -0.3 is 10.1 Å². The second kappa shape index (κ2) is 9.60. The largest absolute Gasteiger partial charge is 0.442 e. The minimum Gasteiger partial charge on any atom is -0.442 e. The number of nitrogens with zero attached hydrogens (tertiary/aromatic N) is 3. The molecule has 3 N–H and O–H groups in total. The third kappa shape index (κ3) is 5.04. The first-order valence-electron chi connectivity index (χ1n) is 9.64. The molecule has 168 valence electrons. The van der Waals surface area contributed by atoms with Gasteiger partial charge >= 0.3 is 6.09 Å². The molecular formula is C20H19Cl2FN6O3. The van der Waals surface area contributed by atoms with E-state index in [1.807, 2.05) is 24.3 Å². The molecule has 32 heavy (non-hydrogen) atoms. The van der Waals surface area contributed by atoms with Crippen LogP contribution in [0.2, 0.25) is 0 Å². The number of rotatable bonds is 7. The molecule has 4 rings (SSSR count). The van der Waals surface area contributed by atoms with Crippen molar-refractivity contribution in [3.05, 3.63) is 53.8 Å². The summed E-state index contributed by atoms with van der Waals surface area (Å²) in [5.74, 6) is -1.05. The predicted octanol–water partition coefficient (Wildman–Crippen LogP) is 2.51. The molecule has 1 fully saturated rings. The van der Waals surface area contributed by atoms with Gasteiger partial charge in [0, 0.05) is 5.56 Å². The Morgan fingerprint density at radius 3 is 2.72 bits per heavy atom. The van der Waals surface area contributed by atoms with Crippen molar-refractivity contribution in [1.82, 2.24) is 21.4 Å². The van der Waals surface area contributed by atoms with Crippen molar-refractivity contribution in [3.8, 4) is 11.1 Å². The minimum absolute atomic E-state index is 0.0544. The first-order valence-corrected chi connectivity index (χ1v) is 10.5. The van der Waals surface area contributed by atoms with Crippen molar-refractivity contribution in [1.29, 1.82) is 0 Å². The van der Waals surface area contributed by atoms with E-state index in [1.54, 1.807) is 23.5 Å². The summed E-state index contributed by atoms with van der Waals surface area (Å²) in [7, 11) is 0. The van der Waals surface area contributed by atoms with E-state index in [0.29, 0.717) is 23.4 Å². The second-order valence-corrected chi connectivity index (χ2v) is 8.22. The fraction of sp³-hybridized carbons (Fsp3) is 0.250. The number of anilines is 1. The molecule has 2 aliphatic heterocycles. The van der Waals surface area contributed by atoms with Crippen molar-refractivity contribution in [2.75, 3.05) is 18.0 Å². The molecule has 1 unspecified atom stereocenters. The summed E-state index contributed by atoms with van der Waals surface area (Å²) >= 11 is 11.0. The number of carbonyl (C=O) groups is 2. The minimum atomic E-state index is -1.21. The van der Waals surface area contributed by atoms with Crippen LogP contribution in [0.25, 0.3) is 11.1 Å². The van der Waals surface area contributed by atoms with Gasteiger partial charge in [-0.1, -0.05) is 47.5 Å². The highest BCUT2D eigenvalue weighted by molar-refractivity contribution is 6.53. The summed E-state index contributed by atoms with van der Waals surface area (Å²) in [4.78, 5) is 23.8. The third-order valence-electron chi connectivity index (χ3n) is 4.91. The van der Waals surface area contributed by atoms with Gasteiger partial charge in [0.15, 0.2) is 4.84 Å². The van der Waals surface area contributed by atoms with E-state index in [1.165, 1.54) is 11.0 Å². The summed E-state index contributed by atoms with van der Waals surface area (Å²) in [6, 6.07) is 12.0. The van der Waals surface area contributed by atoms with Gasteiger partial charge in [-0.2, -0.15) is 5.10 Å². The van der Waals surface area contributed by atoms with Crippen LogP contribution in [0.5, 0.6) is 0 Å². The van der Waals surface area contributed by atoms with E-state index in [-0.39, 0.29) is 13.1 Å². The first kappa shape index (κ1) is 22.1. The smallest absolute Gasteiger partial charge is 0.414 e. The van der Waals surface area contributed by atoms with Crippen LogP contribution in [0.4, 0.5) is 14.9 Å². The molecule has 9 nitrogen and oxygen atoms in total. The van der Waals surface area contributed by atoms with E-state index in [9.17, 15) is 14.0 Å². The molecule has 0 bridgehead atoms. The summed E-state index contributed by atoms with van der Waals surface area (Å²) in [6.45, 7) is 0.802. The van der Waals surface area contributed by atoms with Gasteiger partial charge in [0.2, 0.25) is 0 Å². The SMILES string of the molecule is O=C(NCC1CN(c2ccc(-c3ccc(CN4C=NNN4)cc3)c(F)c2)C(=O)O1)C(Cl)Cl. The Morgan fingerprint density at radius 2 is 2.06 bits per heavy atom. The van der Waals surface area contributed by atoms with Crippen molar-refractivity contribution < 1.29 is 18.7 Å². The summed E-state index contributed by atoms with van der Waals surface area (Å²) in [6.07, 6.45) is 0.405. The zero-order chi connectivity index (χ0) is 22.7. The Bertz CT molecular complexity index is 1040. The summed E-state index contributed by atoms with van der Waals surface area (Å²) in [5.41, 5.74) is 7.96. The monoisotopic (exact) mass is 480 g/mol. The number of halogens is 3.